The van der Waals surface area contributed by atoms with Crippen LogP contribution in [0.5, 0.6) is 11.5 Å². The Hall–Kier alpha value is -1.62. The molecule has 0 radical (unpaired) electrons. The molecule has 3 nitrogen and oxygen atoms in total. The Morgan fingerprint density at radius 1 is 1.27 bits per heavy atom. The van der Waals surface area contributed by atoms with Crippen LogP contribution in [0.1, 0.15) is 5.56 Å². The number of phenols is 2. The van der Waals surface area contributed by atoms with Crippen LogP contribution in [0.3, 0.4) is 0 Å². The highest BCUT2D eigenvalue weighted by atomic mass is 19.3. The van der Waals surface area contributed by atoms with Gasteiger partial charge in [0.05, 0.1) is 0 Å². The Labute approximate surface area is 85.5 Å². The molecule has 0 bridgehead atoms. The zero-order chi connectivity index (χ0) is 11.4. The number of aromatic hydroxyl groups is 2. The lowest BCUT2D eigenvalue weighted by molar-refractivity contribution is 0.406. The van der Waals surface area contributed by atoms with Crippen molar-refractivity contribution in [3.05, 3.63) is 35.4 Å². The Bertz CT molecular complexity index is 387. The minimum Gasteiger partial charge on any atom is -0.508 e. The number of hydrogen-bond acceptors (Lipinski definition) is 3. The fraction of sp³-hybridized carbons (Fsp3) is 0.200. The van der Waals surface area contributed by atoms with Crippen molar-refractivity contribution >= 4 is 0 Å². The van der Waals surface area contributed by atoms with E-state index in [0.717, 1.165) is 0 Å². The third-order valence-electron chi connectivity index (χ3n) is 1.98. The lowest BCUT2D eigenvalue weighted by Gasteiger charge is -2.06. The van der Waals surface area contributed by atoms with E-state index in [-0.39, 0.29) is 35.6 Å². The van der Waals surface area contributed by atoms with Gasteiger partial charge in [-0.2, -0.15) is 8.78 Å². The van der Waals surface area contributed by atoms with E-state index in [0.29, 0.717) is 0 Å². The molecule has 0 heterocycles. The molecule has 0 saturated heterocycles. The molecular weight excluding hydrogens is 204 g/mol. The van der Waals surface area contributed by atoms with Crippen molar-refractivity contribution in [2.24, 2.45) is 5.73 Å². The first-order chi connectivity index (χ1) is 7.04. The van der Waals surface area contributed by atoms with Crippen LogP contribution in [0.15, 0.2) is 29.9 Å². The van der Waals surface area contributed by atoms with Crippen LogP contribution in [0, 0.1) is 0 Å². The maximum absolute atomic E-state index is 12.3. The number of phenolic OH excluding ortho intramolecular Hbond substituents is 2. The number of halogens is 2. The average Bonchev–Trinajstić information content (AvgIpc) is 2.18. The maximum atomic E-state index is 12.3. The van der Waals surface area contributed by atoms with Crippen LogP contribution in [0.25, 0.3) is 0 Å². The van der Waals surface area contributed by atoms with Crippen molar-refractivity contribution < 1.29 is 19.0 Å². The maximum Gasteiger partial charge on any atom is 0.271 e. The molecule has 0 unspecified atom stereocenters. The number of benzene rings is 1. The van der Waals surface area contributed by atoms with Gasteiger partial charge < -0.3 is 15.9 Å². The zero-order valence-corrected chi connectivity index (χ0v) is 7.87. The van der Waals surface area contributed by atoms with Crippen LogP contribution in [0.4, 0.5) is 8.78 Å². The molecule has 0 aliphatic rings. The second-order valence-electron chi connectivity index (χ2n) is 3.06. The fourth-order valence-corrected chi connectivity index (χ4v) is 1.16. The molecule has 0 fully saturated rings. The van der Waals surface area contributed by atoms with E-state index in [1.165, 1.54) is 18.2 Å². The zero-order valence-electron chi connectivity index (χ0n) is 7.87. The lowest BCUT2D eigenvalue weighted by atomic mass is 10.0. The molecule has 5 heteroatoms. The monoisotopic (exact) mass is 215 g/mol. The highest BCUT2D eigenvalue weighted by Gasteiger charge is 2.09. The molecule has 0 aromatic heterocycles. The van der Waals surface area contributed by atoms with Crippen molar-refractivity contribution in [2.45, 2.75) is 6.42 Å². The smallest absolute Gasteiger partial charge is 0.271 e. The van der Waals surface area contributed by atoms with Crippen LogP contribution in [-0.2, 0) is 6.42 Å². The predicted molar refractivity (Wildman–Crippen MR) is 51.8 cm³/mol. The van der Waals surface area contributed by atoms with Crippen LogP contribution >= 0.6 is 0 Å². The van der Waals surface area contributed by atoms with Gasteiger partial charge in [-0.25, -0.2) is 0 Å². The van der Waals surface area contributed by atoms with Crippen LogP contribution < -0.4 is 5.73 Å². The second kappa shape index (κ2) is 4.75. The molecule has 0 spiro atoms. The van der Waals surface area contributed by atoms with Gasteiger partial charge in [-0.05, 0) is 18.2 Å². The molecule has 0 aliphatic heterocycles. The Morgan fingerprint density at radius 3 is 2.47 bits per heavy atom. The van der Waals surface area contributed by atoms with Gasteiger partial charge in [0.15, 0.2) is 0 Å². The summed E-state index contributed by atoms with van der Waals surface area (Å²) in [6, 6.07) is 3.75. The van der Waals surface area contributed by atoms with Crippen molar-refractivity contribution in [1.29, 1.82) is 0 Å². The molecule has 1 aromatic rings. The van der Waals surface area contributed by atoms with Crippen molar-refractivity contribution in [3.8, 4) is 11.5 Å². The minimum atomic E-state index is -1.85. The first-order valence-electron chi connectivity index (χ1n) is 4.28. The summed E-state index contributed by atoms with van der Waals surface area (Å²) in [5, 5.41) is 18.5. The minimum absolute atomic E-state index is 0.0848. The van der Waals surface area contributed by atoms with Gasteiger partial charge in [-0.3, -0.25) is 0 Å². The first kappa shape index (κ1) is 11.5. The largest absolute Gasteiger partial charge is 0.508 e. The Morgan fingerprint density at radius 2 is 1.93 bits per heavy atom. The first-order valence-corrected chi connectivity index (χ1v) is 4.28. The highest BCUT2D eigenvalue weighted by molar-refractivity contribution is 5.41. The van der Waals surface area contributed by atoms with Gasteiger partial charge in [0.2, 0.25) is 0 Å². The summed E-state index contributed by atoms with van der Waals surface area (Å²) in [6.45, 7) is -0.280. The van der Waals surface area contributed by atoms with E-state index in [1.54, 1.807) is 0 Å². The van der Waals surface area contributed by atoms with E-state index < -0.39 is 6.08 Å². The number of rotatable bonds is 3. The van der Waals surface area contributed by atoms with E-state index in [4.69, 9.17) is 10.8 Å². The molecule has 0 amide bonds. The third-order valence-corrected chi connectivity index (χ3v) is 1.98. The fourth-order valence-electron chi connectivity index (χ4n) is 1.16. The quantitative estimate of drug-likeness (QED) is 0.673. The average molecular weight is 215 g/mol. The molecular formula is C10H11F2NO2. The van der Waals surface area contributed by atoms with E-state index in [2.05, 4.69) is 0 Å². The molecule has 0 atom stereocenters. The van der Waals surface area contributed by atoms with Crippen molar-refractivity contribution in [2.75, 3.05) is 6.54 Å². The number of nitrogens with two attached hydrogens (primary N) is 1. The molecule has 15 heavy (non-hydrogen) atoms. The Kier molecular flexibility index (Phi) is 3.62. The van der Waals surface area contributed by atoms with Crippen molar-refractivity contribution in [3.63, 3.8) is 0 Å². The van der Waals surface area contributed by atoms with Gasteiger partial charge in [0.25, 0.3) is 6.08 Å². The highest BCUT2D eigenvalue weighted by Crippen LogP contribution is 2.25. The standard InChI is InChI=1S/C10H11F2NO2/c11-10(12)7(5-13)3-6-4-8(14)1-2-9(6)15/h1-2,4,14-15H,3,5,13H2. The summed E-state index contributed by atoms with van der Waals surface area (Å²) in [6.07, 6.45) is -2.01. The summed E-state index contributed by atoms with van der Waals surface area (Å²) >= 11 is 0. The SMILES string of the molecule is NCC(Cc1cc(O)ccc1O)=C(F)F. The van der Waals surface area contributed by atoms with Crippen LogP contribution in [0.2, 0.25) is 0 Å². The summed E-state index contributed by atoms with van der Waals surface area (Å²) < 4.78 is 24.5. The van der Waals surface area contributed by atoms with E-state index >= 15 is 0 Å². The molecule has 82 valence electrons. The summed E-state index contributed by atoms with van der Waals surface area (Å²) in [5.74, 6) is -0.224. The number of hydrogen-bond donors (Lipinski definition) is 3. The molecule has 4 N–H and O–H groups in total. The lowest BCUT2D eigenvalue weighted by Crippen LogP contribution is -2.06. The topological polar surface area (TPSA) is 66.5 Å². The van der Waals surface area contributed by atoms with E-state index in [1.807, 2.05) is 0 Å². The summed E-state index contributed by atoms with van der Waals surface area (Å²) in [5.41, 5.74) is 5.10. The Balaban J connectivity index is 2.98. The normalized spacial score (nSPS) is 10.1. The summed E-state index contributed by atoms with van der Waals surface area (Å²) in [7, 11) is 0. The third kappa shape index (κ3) is 2.92. The molecule has 0 saturated carbocycles. The van der Waals surface area contributed by atoms with Crippen LogP contribution in [-0.4, -0.2) is 16.8 Å². The molecule has 0 aliphatic carbocycles. The van der Waals surface area contributed by atoms with Crippen molar-refractivity contribution in [1.82, 2.24) is 0 Å². The second-order valence-corrected chi connectivity index (χ2v) is 3.06. The van der Waals surface area contributed by atoms with E-state index in [9.17, 15) is 13.9 Å². The predicted octanol–water partition coefficient (Wildman–Crippen LogP) is 1.75. The van der Waals surface area contributed by atoms with Gasteiger partial charge in [-0.1, -0.05) is 0 Å². The molecule has 1 aromatic carbocycles. The van der Waals surface area contributed by atoms with Gasteiger partial charge >= 0.3 is 0 Å². The van der Waals surface area contributed by atoms with Gasteiger partial charge in [0, 0.05) is 24.1 Å². The molecule has 1 rings (SSSR count). The summed E-state index contributed by atoms with van der Waals surface area (Å²) in [4.78, 5) is 0. The van der Waals surface area contributed by atoms with Gasteiger partial charge in [-0.15, -0.1) is 0 Å². The van der Waals surface area contributed by atoms with Gasteiger partial charge in [0.1, 0.15) is 11.5 Å².